The molecule has 4 heteroatoms. The molecule has 4 nitrogen and oxygen atoms in total. The lowest BCUT2D eigenvalue weighted by atomic mass is 9.86. The molecular weight excluding hydrogens is 302 g/mol. The van der Waals surface area contributed by atoms with Crippen LogP contribution in [0.2, 0.25) is 0 Å². The van der Waals surface area contributed by atoms with Crippen LogP contribution in [0.15, 0.2) is 24.3 Å². The van der Waals surface area contributed by atoms with E-state index in [0.29, 0.717) is 12.6 Å². The van der Waals surface area contributed by atoms with Gasteiger partial charge in [-0.3, -0.25) is 4.79 Å². The fourth-order valence-electron chi connectivity index (χ4n) is 3.49. The van der Waals surface area contributed by atoms with Crippen molar-refractivity contribution < 1.29 is 14.3 Å². The van der Waals surface area contributed by atoms with Gasteiger partial charge in [-0.2, -0.15) is 0 Å². The zero-order chi connectivity index (χ0) is 16.4. The fourth-order valence-corrected chi connectivity index (χ4v) is 3.49. The molecule has 0 aromatic heterocycles. The predicted octanol–water partition coefficient (Wildman–Crippen LogP) is 3.54. The third kappa shape index (κ3) is 3.75. The Labute approximate surface area is 144 Å². The first-order valence-electron chi connectivity index (χ1n) is 9.43. The number of ether oxygens (including phenoxy) is 2. The van der Waals surface area contributed by atoms with Crippen molar-refractivity contribution in [2.45, 2.75) is 63.6 Å². The zero-order valence-electron chi connectivity index (χ0n) is 14.3. The molecule has 0 spiro atoms. The summed E-state index contributed by atoms with van der Waals surface area (Å²) in [5.74, 6) is 1.87. The molecule has 0 N–H and O–H groups in total. The lowest BCUT2D eigenvalue weighted by molar-refractivity contribution is -0.142. The molecule has 1 atom stereocenters. The minimum Gasteiger partial charge on any atom is -0.493 e. The third-order valence-electron chi connectivity index (χ3n) is 5.46. The molecular formula is C20H27NO3. The van der Waals surface area contributed by atoms with E-state index in [-0.39, 0.29) is 12.0 Å². The number of carbonyl (C=O) groups excluding carboxylic acids is 1. The third-order valence-corrected chi connectivity index (χ3v) is 5.46. The van der Waals surface area contributed by atoms with Crippen LogP contribution in [0.4, 0.5) is 0 Å². The lowest BCUT2D eigenvalue weighted by Crippen LogP contribution is -2.39. The molecule has 3 aliphatic rings. The summed E-state index contributed by atoms with van der Waals surface area (Å²) in [5.41, 5.74) is 1.17. The maximum atomic E-state index is 12.7. The Balaban J connectivity index is 1.34. The largest absolute Gasteiger partial charge is 0.493 e. The Morgan fingerprint density at radius 3 is 2.46 bits per heavy atom. The highest BCUT2D eigenvalue weighted by Crippen LogP contribution is 2.31. The summed E-state index contributed by atoms with van der Waals surface area (Å²) < 4.78 is 11.4. The molecule has 0 bridgehead atoms. The zero-order valence-corrected chi connectivity index (χ0v) is 14.3. The summed E-state index contributed by atoms with van der Waals surface area (Å²) in [4.78, 5) is 14.7. The minimum atomic E-state index is -0.212. The molecule has 1 aromatic rings. The molecule has 1 aliphatic heterocycles. The Morgan fingerprint density at radius 2 is 1.88 bits per heavy atom. The van der Waals surface area contributed by atoms with Crippen molar-refractivity contribution in [1.29, 1.82) is 0 Å². The van der Waals surface area contributed by atoms with E-state index in [9.17, 15) is 4.79 Å². The standard InChI is InChI=1S/C20H27NO3/c22-20(19-5-2-12-23-19)21(17-8-9-17)13-15-6-10-18(11-7-15)24-14-16-3-1-4-16/h6-7,10-11,16-17,19H,1-5,8-9,12-14H2. The molecule has 1 unspecified atom stereocenters. The molecule has 1 aromatic carbocycles. The lowest BCUT2D eigenvalue weighted by Gasteiger charge is -2.26. The number of hydrogen-bond acceptors (Lipinski definition) is 3. The normalized spacial score (nSPS) is 23.8. The van der Waals surface area contributed by atoms with Gasteiger partial charge in [0, 0.05) is 19.2 Å². The SMILES string of the molecule is O=C(C1CCCO1)N(Cc1ccc(OCC2CCC2)cc1)C1CC1. The van der Waals surface area contributed by atoms with Gasteiger partial charge in [0.1, 0.15) is 11.9 Å². The fraction of sp³-hybridized carbons (Fsp3) is 0.650. The molecule has 1 amide bonds. The van der Waals surface area contributed by atoms with Crippen LogP contribution in [0.25, 0.3) is 0 Å². The average Bonchev–Trinajstić information content (AvgIpc) is 3.25. The Kier molecular flexibility index (Phi) is 4.74. The van der Waals surface area contributed by atoms with Gasteiger partial charge >= 0.3 is 0 Å². The number of amides is 1. The van der Waals surface area contributed by atoms with Gasteiger partial charge in [-0.15, -0.1) is 0 Å². The summed E-state index contributed by atoms with van der Waals surface area (Å²) in [6.45, 7) is 2.25. The van der Waals surface area contributed by atoms with E-state index in [4.69, 9.17) is 9.47 Å². The van der Waals surface area contributed by atoms with Crippen molar-refractivity contribution in [3.63, 3.8) is 0 Å². The van der Waals surface area contributed by atoms with Crippen LogP contribution in [0.3, 0.4) is 0 Å². The van der Waals surface area contributed by atoms with Gasteiger partial charge in [-0.25, -0.2) is 0 Å². The number of rotatable bonds is 7. The summed E-state index contributed by atoms with van der Waals surface area (Å²) in [6, 6.07) is 8.67. The van der Waals surface area contributed by atoms with Gasteiger partial charge in [0.2, 0.25) is 0 Å². The first-order valence-corrected chi connectivity index (χ1v) is 9.43. The highest BCUT2D eigenvalue weighted by atomic mass is 16.5. The van der Waals surface area contributed by atoms with E-state index in [1.807, 2.05) is 17.0 Å². The molecule has 3 fully saturated rings. The van der Waals surface area contributed by atoms with Gasteiger partial charge in [-0.05, 0) is 62.1 Å². The molecule has 2 saturated carbocycles. The van der Waals surface area contributed by atoms with Crippen LogP contribution in [-0.4, -0.2) is 36.2 Å². The predicted molar refractivity (Wildman–Crippen MR) is 91.8 cm³/mol. The van der Waals surface area contributed by atoms with Gasteiger partial charge in [0.05, 0.1) is 6.61 Å². The molecule has 1 heterocycles. The van der Waals surface area contributed by atoms with Gasteiger partial charge in [0.15, 0.2) is 0 Å². The minimum absolute atomic E-state index is 0.181. The summed E-state index contributed by atoms with van der Waals surface area (Å²) in [6.07, 6.45) is 7.87. The smallest absolute Gasteiger partial charge is 0.252 e. The Hall–Kier alpha value is -1.55. The van der Waals surface area contributed by atoms with Crippen LogP contribution < -0.4 is 4.74 Å². The van der Waals surface area contributed by atoms with Crippen LogP contribution >= 0.6 is 0 Å². The van der Waals surface area contributed by atoms with E-state index in [1.54, 1.807) is 0 Å². The van der Waals surface area contributed by atoms with Crippen LogP contribution in [0.1, 0.15) is 50.5 Å². The molecule has 0 radical (unpaired) electrons. The number of nitrogens with zero attached hydrogens (tertiary/aromatic N) is 1. The van der Waals surface area contributed by atoms with Gasteiger partial charge in [-0.1, -0.05) is 18.6 Å². The van der Waals surface area contributed by atoms with Crippen molar-refractivity contribution in [2.75, 3.05) is 13.2 Å². The maximum absolute atomic E-state index is 12.7. The van der Waals surface area contributed by atoms with E-state index < -0.39 is 0 Å². The Bertz CT molecular complexity index is 557. The number of hydrogen-bond donors (Lipinski definition) is 0. The number of carbonyl (C=O) groups is 1. The van der Waals surface area contributed by atoms with E-state index in [2.05, 4.69) is 12.1 Å². The van der Waals surface area contributed by atoms with E-state index >= 15 is 0 Å². The monoisotopic (exact) mass is 329 g/mol. The van der Waals surface area contributed by atoms with Gasteiger partial charge < -0.3 is 14.4 Å². The first kappa shape index (κ1) is 15.9. The molecule has 130 valence electrons. The van der Waals surface area contributed by atoms with Crippen molar-refractivity contribution in [3.8, 4) is 5.75 Å². The highest BCUT2D eigenvalue weighted by molar-refractivity contribution is 5.81. The molecule has 4 rings (SSSR count). The highest BCUT2D eigenvalue weighted by Gasteiger charge is 2.37. The molecule has 1 saturated heterocycles. The maximum Gasteiger partial charge on any atom is 0.252 e. The Morgan fingerprint density at radius 1 is 1.08 bits per heavy atom. The second-order valence-corrected chi connectivity index (χ2v) is 7.45. The van der Waals surface area contributed by atoms with Crippen molar-refractivity contribution in [3.05, 3.63) is 29.8 Å². The molecule has 24 heavy (non-hydrogen) atoms. The number of benzene rings is 1. The topological polar surface area (TPSA) is 38.8 Å². The van der Waals surface area contributed by atoms with Gasteiger partial charge in [0.25, 0.3) is 5.91 Å². The van der Waals surface area contributed by atoms with Crippen molar-refractivity contribution >= 4 is 5.91 Å². The average molecular weight is 329 g/mol. The summed E-state index contributed by atoms with van der Waals surface area (Å²) >= 11 is 0. The summed E-state index contributed by atoms with van der Waals surface area (Å²) in [7, 11) is 0. The van der Waals surface area contributed by atoms with Crippen molar-refractivity contribution in [2.24, 2.45) is 5.92 Å². The van der Waals surface area contributed by atoms with Crippen LogP contribution in [0, 0.1) is 5.92 Å². The quantitative estimate of drug-likeness (QED) is 0.768. The van der Waals surface area contributed by atoms with Crippen LogP contribution in [-0.2, 0) is 16.1 Å². The first-order chi connectivity index (χ1) is 11.8. The second-order valence-electron chi connectivity index (χ2n) is 7.45. The second kappa shape index (κ2) is 7.14. The van der Waals surface area contributed by atoms with E-state index in [1.165, 1.54) is 24.8 Å². The van der Waals surface area contributed by atoms with Crippen molar-refractivity contribution in [1.82, 2.24) is 4.90 Å². The van der Waals surface area contributed by atoms with E-state index in [0.717, 1.165) is 50.6 Å². The summed E-state index contributed by atoms with van der Waals surface area (Å²) in [5, 5.41) is 0. The molecule has 2 aliphatic carbocycles. The van der Waals surface area contributed by atoms with Crippen LogP contribution in [0.5, 0.6) is 5.75 Å².